The van der Waals surface area contributed by atoms with Gasteiger partial charge in [-0.05, 0) is 6.07 Å². The first kappa shape index (κ1) is 11.3. The van der Waals surface area contributed by atoms with Crippen molar-refractivity contribution < 1.29 is 19.4 Å². The highest BCUT2D eigenvalue weighted by molar-refractivity contribution is 5.85. The Morgan fingerprint density at radius 2 is 2.29 bits per heavy atom. The van der Waals surface area contributed by atoms with Crippen molar-refractivity contribution in [3.8, 4) is 5.88 Å². The fourth-order valence-electron chi connectivity index (χ4n) is 1.27. The zero-order chi connectivity index (χ0) is 12.3. The van der Waals surface area contributed by atoms with Crippen LogP contribution in [0.15, 0.2) is 18.3 Å². The third-order valence-electron chi connectivity index (χ3n) is 2.05. The van der Waals surface area contributed by atoms with E-state index in [0.717, 1.165) is 0 Å². The molecule has 2 aromatic heterocycles. The fourth-order valence-corrected chi connectivity index (χ4v) is 1.27. The van der Waals surface area contributed by atoms with Crippen LogP contribution in [0.3, 0.4) is 0 Å². The molecule has 0 saturated carbocycles. The fraction of sp³-hybridized carbons (Fsp3) is 0.300. The second kappa shape index (κ2) is 4.79. The number of rotatable bonds is 5. The molecule has 90 valence electrons. The quantitative estimate of drug-likeness (QED) is 0.760. The Hall–Kier alpha value is -2.15. The van der Waals surface area contributed by atoms with Crippen molar-refractivity contribution in [3.05, 3.63) is 24.0 Å². The summed E-state index contributed by atoms with van der Waals surface area (Å²) < 4.78 is 11.5. The zero-order valence-corrected chi connectivity index (χ0v) is 9.16. The van der Waals surface area contributed by atoms with E-state index in [1.807, 2.05) is 0 Å². The van der Waals surface area contributed by atoms with E-state index in [2.05, 4.69) is 10.1 Å². The largest absolute Gasteiger partial charge is 0.476 e. The van der Waals surface area contributed by atoms with Gasteiger partial charge in [0.1, 0.15) is 6.61 Å². The summed E-state index contributed by atoms with van der Waals surface area (Å²) in [7, 11) is 1.58. The smallest absolute Gasteiger partial charge is 0.356 e. The zero-order valence-electron chi connectivity index (χ0n) is 9.16. The molecule has 0 spiro atoms. The lowest BCUT2D eigenvalue weighted by atomic mass is 10.5. The summed E-state index contributed by atoms with van der Waals surface area (Å²) in [6.45, 7) is 0.847. The van der Waals surface area contributed by atoms with Crippen LogP contribution < -0.4 is 4.74 Å². The van der Waals surface area contributed by atoms with E-state index in [4.69, 9.17) is 14.6 Å². The molecule has 0 aliphatic heterocycles. The lowest BCUT2D eigenvalue weighted by Crippen LogP contribution is -2.06. The van der Waals surface area contributed by atoms with Crippen molar-refractivity contribution in [1.82, 2.24) is 14.6 Å². The van der Waals surface area contributed by atoms with Gasteiger partial charge in [0, 0.05) is 13.2 Å². The third-order valence-corrected chi connectivity index (χ3v) is 2.05. The molecule has 0 aromatic carbocycles. The van der Waals surface area contributed by atoms with Gasteiger partial charge >= 0.3 is 5.97 Å². The standard InChI is InChI=1S/C10H11N3O4/c1-16-4-5-17-9-3-2-8-11-7(10(14)15)6-13(8)12-9/h2-3,6H,4-5H2,1H3,(H,14,15). The average Bonchev–Trinajstić information content (AvgIpc) is 2.72. The summed E-state index contributed by atoms with van der Waals surface area (Å²) in [6, 6.07) is 3.27. The number of imidazole rings is 1. The molecule has 0 amide bonds. The van der Waals surface area contributed by atoms with Gasteiger partial charge in [0.05, 0.1) is 12.8 Å². The topological polar surface area (TPSA) is 86.0 Å². The van der Waals surface area contributed by atoms with Crippen molar-refractivity contribution >= 4 is 11.6 Å². The van der Waals surface area contributed by atoms with Crippen molar-refractivity contribution in [2.75, 3.05) is 20.3 Å². The van der Waals surface area contributed by atoms with Crippen LogP contribution in [0.25, 0.3) is 5.65 Å². The van der Waals surface area contributed by atoms with Gasteiger partial charge in [-0.25, -0.2) is 14.3 Å². The molecule has 0 radical (unpaired) electrons. The summed E-state index contributed by atoms with van der Waals surface area (Å²) in [6.07, 6.45) is 1.33. The van der Waals surface area contributed by atoms with Crippen molar-refractivity contribution in [3.63, 3.8) is 0 Å². The van der Waals surface area contributed by atoms with Gasteiger partial charge < -0.3 is 14.6 Å². The minimum atomic E-state index is -1.09. The van der Waals surface area contributed by atoms with Gasteiger partial charge in [-0.1, -0.05) is 0 Å². The normalized spacial score (nSPS) is 10.6. The van der Waals surface area contributed by atoms with Gasteiger partial charge in [-0.15, -0.1) is 5.10 Å². The molecule has 0 aliphatic rings. The molecule has 2 heterocycles. The SMILES string of the molecule is COCCOc1ccc2nc(C(=O)O)cn2n1. The van der Waals surface area contributed by atoms with E-state index in [-0.39, 0.29) is 5.69 Å². The van der Waals surface area contributed by atoms with E-state index in [1.54, 1.807) is 19.2 Å². The molecule has 0 unspecified atom stereocenters. The van der Waals surface area contributed by atoms with Crippen LogP contribution >= 0.6 is 0 Å². The Labute approximate surface area is 96.6 Å². The first-order valence-electron chi connectivity index (χ1n) is 4.92. The Balaban J connectivity index is 2.21. The predicted octanol–water partition coefficient (Wildman–Crippen LogP) is 0.453. The van der Waals surface area contributed by atoms with Crippen molar-refractivity contribution in [1.29, 1.82) is 0 Å². The van der Waals surface area contributed by atoms with Gasteiger partial charge in [0.25, 0.3) is 0 Å². The number of carboxylic acid groups (broad SMARTS) is 1. The van der Waals surface area contributed by atoms with Crippen molar-refractivity contribution in [2.45, 2.75) is 0 Å². The van der Waals surface area contributed by atoms with Gasteiger partial charge in [0.2, 0.25) is 5.88 Å². The molecule has 1 N–H and O–H groups in total. The Morgan fingerprint density at radius 3 is 3.00 bits per heavy atom. The average molecular weight is 237 g/mol. The van der Waals surface area contributed by atoms with Crippen LogP contribution in [-0.4, -0.2) is 46.0 Å². The number of ether oxygens (including phenoxy) is 2. The van der Waals surface area contributed by atoms with Crippen LogP contribution in [0, 0.1) is 0 Å². The molecule has 17 heavy (non-hydrogen) atoms. The Kier molecular flexibility index (Phi) is 3.20. The Bertz CT molecular complexity index is 537. The first-order valence-corrected chi connectivity index (χ1v) is 4.92. The van der Waals surface area contributed by atoms with Crippen LogP contribution in [-0.2, 0) is 4.74 Å². The van der Waals surface area contributed by atoms with Gasteiger partial charge in [-0.3, -0.25) is 0 Å². The molecule has 2 rings (SSSR count). The van der Waals surface area contributed by atoms with E-state index in [9.17, 15) is 4.79 Å². The molecule has 7 nitrogen and oxygen atoms in total. The number of aromatic nitrogens is 3. The molecule has 0 atom stereocenters. The van der Waals surface area contributed by atoms with Gasteiger partial charge in [0.15, 0.2) is 11.3 Å². The number of methoxy groups -OCH3 is 1. The molecule has 0 bridgehead atoms. The van der Waals surface area contributed by atoms with Crippen molar-refractivity contribution in [2.24, 2.45) is 0 Å². The number of fused-ring (bicyclic) bond motifs is 1. The second-order valence-corrected chi connectivity index (χ2v) is 3.25. The van der Waals surface area contributed by atoms with Crippen LogP contribution in [0.5, 0.6) is 5.88 Å². The van der Waals surface area contributed by atoms with E-state index in [0.29, 0.717) is 24.7 Å². The minimum Gasteiger partial charge on any atom is -0.476 e. The molecule has 7 heteroatoms. The molecule has 2 aromatic rings. The van der Waals surface area contributed by atoms with Gasteiger partial charge in [-0.2, -0.15) is 0 Å². The molecule has 0 fully saturated rings. The molecule has 0 saturated heterocycles. The molecular weight excluding hydrogens is 226 g/mol. The highest BCUT2D eigenvalue weighted by Gasteiger charge is 2.09. The lowest BCUT2D eigenvalue weighted by Gasteiger charge is -2.03. The minimum absolute atomic E-state index is 0.0495. The summed E-state index contributed by atoms with van der Waals surface area (Å²) >= 11 is 0. The third kappa shape index (κ3) is 2.51. The summed E-state index contributed by atoms with van der Waals surface area (Å²) in [4.78, 5) is 14.6. The monoisotopic (exact) mass is 237 g/mol. The summed E-state index contributed by atoms with van der Waals surface area (Å²) in [5.41, 5.74) is 0.410. The van der Waals surface area contributed by atoms with E-state index in [1.165, 1.54) is 10.7 Å². The number of carbonyl (C=O) groups is 1. The van der Waals surface area contributed by atoms with Crippen LogP contribution in [0.4, 0.5) is 0 Å². The number of nitrogens with zero attached hydrogens (tertiary/aromatic N) is 3. The number of hydrogen-bond acceptors (Lipinski definition) is 5. The summed E-state index contributed by atoms with van der Waals surface area (Å²) in [5.74, 6) is -0.693. The maximum atomic E-state index is 10.7. The Morgan fingerprint density at radius 1 is 1.47 bits per heavy atom. The highest BCUT2D eigenvalue weighted by Crippen LogP contribution is 2.09. The maximum Gasteiger partial charge on any atom is 0.356 e. The highest BCUT2D eigenvalue weighted by atomic mass is 16.5. The lowest BCUT2D eigenvalue weighted by molar-refractivity contribution is 0.0691. The maximum absolute atomic E-state index is 10.7. The number of hydrogen-bond donors (Lipinski definition) is 1. The predicted molar refractivity (Wildman–Crippen MR) is 57.3 cm³/mol. The van der Waals surface area contributed by atoms with Crippen LogP contribution in [0.1, 0.15) is 10.5 Å². The molecular formula is C10H11N3O4. The number of carboxylic acids is 1. The second-order valence-electron chi connectivity index (χ2n) is 3.25. The van der Waals surface area contributed by atoms with Crippen LogP contribution in [0.2, 0.25) is 0 Å². The molecule has 0 aliphatic carbocycles. The van der Waals surface area contributed by atoms with E-state index >= 15 is 0 Å². The summed E-state index contributed by atoms with van der Waals surface area (Å²) in [5, 5.41) is 12.8. The first-order chi connectivity index (χ1) is 8.20. The number of aromatic carboxylic acids is 1. The van der Waals surface area contributed by atoms with E-state index < -0.39 is 5.97 Å².